The summed E-state index contributed by atoms with van der Waals surface area (Å²) in [4.78, 5) is 55.0. The van der Waals surface area contributed by atoms with Gasteiger partial charge in [0.1, 0.15) is 0 Å². The van der Waals surface area contributed by atoms with Gasteiger partial charge in [-0.1, -0.05) is 0 Å². The zero-order valence-corrected chi connectivity index (χ0v) is 33.1. The number of nitrogens with zero attached hydrogens (tertiary/aromatic N) is 3. The molecule has 5 heterocycles. The molecule has 48 heavy (non-hydrogen) atoms. The first-order chi connectivity index (χ1) is 22.5. The van der Waals surface area contributed by atoms with Crippen molar-refractivity contribution in [2.45, 2.75) is 67.2 Å². The standard InChI is InChI=1S/C34H30Br4N4O6/c1-11-17(7-9-19(45)46)31-26(38)32-18(8-10-20(47)48)12(2)28(40-32)24(36)33-22(16(6)44)14(4)30(42-33)25(37)34-21(15(5)43)13(3)29(41-34)23(35)27(11)39-31/h42,44H,7-10H2,1-6H3,(H,45,46)(H,47,48)/b22-16-,27-23?,32-26?,33-24?,34-25?. The Kier molecular flexibility index (Phi) is 10.2. The van der Waals surface area contributed by atoms with Crippen molar-refractivity contribution in [3.8, 4) is 0 Å². The summed E-state index contributed by atoms with van der Waals surface area (Å²) in [6.45, 7) is 10.4. The smallest absolute Gasteiger partial charge is 0.303 e. The van der Waals surface area contributed by atoms with Crippen LogP contribution < -0.4 is 10.6 Å². The molecular formula is C34H30Br4N4O6. The number of aromatic amines is 1. The fourth-order valence-corrected chi connectivity index (χ4v) is 9.07. The van der Waals surface area contributed by atoms with Gasteiger partial charge in [-0.15, -0.1) is 0 Å². The van der Waals surface area contributed by atoms with Gasteiger partial charge in [-0.2, -0.15) is 0 Å². The molecule has 250 valence electrons. The maximum atomic E-state index is 13.1. The van der Waals surface area contributed by atoms with Crippen molar-refractivity contribution in [3.05, 3.63) is 81.3 Å². The quantitative estimate of drug-likeness (QED) is 0.222. The van der Waals surface area contributed by atoms with E-state index in [1.54, 1.807) is 6.92 Å². The molecule has 0 spiro atoms. The number of carbonyl (C=O) groups excluding carboxylic acids is 1. The lowest BCUT2D eigenvalue weighted by molar-refractivity contribution is -0.137. The minimum atomic E-state index is -0.970. The largest absolute Gasteiger partial charge is 0.512 e. The molecule has 4 N–H and O–H groups in total. The van der Waals surface area contributed by atoms with Gasteiger partial charge in [-0.05, 0) is 152 Å². The third kappa shape index (κ3) is 6.09. The van der Waals surface area contributed by atoms with E-state index in [0.29, 0.717) is 96.3 Å². The highest BCUT2D eigenvalue weighted by Crippen LogP contribution is 2.44. The van der Waals surface area contributed by atoms with E-state index in [1.165, 1.54) is 6.92 Å². The molecule has 1 aromatic rings. The number of aliphatic hydroxyl groups is 1. The summed E-state index contributed by atoms with van der Waals surface area (Å²) in [5.41, 5.74) is 7.97. The number of H-pyrrole nitrogens is 1. The minimum absolute atomic E-state index is 0.0467. The third-order valence-electron chi connectivity index (χ3n) is 8.65. The zero-order chi connectivity index (χ0) is 35.5. The Balaban J connectivity index is 2.00. The second kappa shape index (κ2) is 13.6. The number of aliphatic hydroxyl groups excluding tert-OH is 1. The van der Waals surface area contributed by atoms with Crippen LogP contribution in [0.5, 0.6) is 0 Å². The van der Waals surface area contributed by atoms with Gasteiger partial charge in [0.05, 0.1) is 69.0 Å². The summed E-state index contributed by atoms with van der Waals surface area (Å²) in [7, 11) is 0. The normalized spacial score (nSPS) is 18.8. The number of ketones is 1. The van der Waals surface area contributed by atoms with Gasteiger partial charge >= 0.3 is 11.9 Å². The Labute approximate surface area is 309 Å². The third-order valence-corrected chi connectivity index (χ3v) is 11.7. The molecule has 5 rings (SSSR count). The van der Waals surface area contributed by atoms with E-state index in [1.807, 2.05) is 27.7 Å². The zero-order valence-electron chi connectivity index (χ0n) is 26.7. The van der Waals surface area contributed by atoms with Crippen LogP contribution >= 0.6 is 63.7 Å². The SMILES string of the molecule is CC(=O)C1=C(C)C2=NC1=C(Br)c1[nH]c(/c(=C(/C)O)c1C)=C(Br)C1=NC(=C(Br)C3=NC(=C2Br)C(C)=C3CCC(=O)O)C(CCC(=O)O)=C1C. The molecule has 0 saturated heterocycles. The lowest BCUT2D eigenvalue weighted by Gasteiger charge is -2.11. The van der Waals surface area contributed by atoms with Crippen LogP contribution in [0, 0.1) is 6.92 Å². The molecule has 0 atom stereocenters. The van der Waals surface area contributed by atoms with Gasteiger partial charge in [-0.3, -0.25) is 14.4 Å². The van der Waals surface area contributed by atoms with Gasteiger partial charge in [0.25, 0.3) is 0 Å². The number of aromatic nitrogens is 1. The Morgan fingerprint density at radius 1 is 0.646 bits per heavy atom. The summed E-state index contributed by atoms with van der Waals surface area (Å²) in [6, 6.07) is 0. The number of hydrogen-bond acceptors (Lipinski definition) is 7. The van der Waals surface area contributed by atoms with Gasteiger partial charge in [0.2, 0.25) is 0 Å². The predicted octanol–water partition coefficient (Wildman–Crippen LogP) is 7.43. The summed E-state index contributed by atoms with van der Waals surface area (Å²) in [6.07, 6.45) is 0.0431. The van der Waals surface area contributed by atoms with Crippen molar-refractivity contribution in [3.63, 3.8) is 0 Å². The number of Topliss-reactive ketones (excluding diaryl/α,β-unsaturated/α-hetero) is 1. The molecule has 0 radical (unpaired) electrons. The number of carboxylic acids is 2. The number of nitrogens with one attached hydrogen (secondary N) is 1. The van der Waals surface area contributed by atoms with Gasteiger partial charge in [0, 0.05) is 23.6 Å². The van der Waals surface area contributed by atoms with Gasteiger partial charge in [0.15, 0.2) is 5.78 Å². The summed E-state index contributed by atoms with van der Waals surface area (Å²) >= 11 is 15.0. The Morgan fingerprint density at radius 2 is 1.17 bits per heavy atom. The Bertz CT molecular complexity index is 2200. The number of fused-ring (bicyclic) bond motifs is 5. The van der Waals surface area contributed by atoms with E-state index in [9.17, 15) is 29.7 Å². The molecular weight excluding hydrogens is 880 g/mol. The van der Waals surface area contributed by atoms with E-state index >= 15 is 0 Å². The van der Waals surface area contributed by atoms with Crippen LogP contribution in [0.25, 0.3) is 14.7 Å². The number of carboxylic acid groups (broad SMARTS) is 2. The Morgan fingerprint density at radius 3 is 1.73 bits per heavy atom. The fourth-order valence-electron chi connectivity index (χ4n) is 6.28. The maximum Gasteiger partial charge on any atom is 0.303 e. The van der Waals surface area contributed by atoms with Crippen molar-refractivity contribution in [1.29, 1.82) is 0 Å². The number of halogens is 4. The fraction of sp³-hybridized carbons (Fsp3) is 0.294. The van der Waals surface area contributed by atoms with Crippen LogP contribution in [0.2, 0.25) is 0 Å². The van der Waals surface area contributed by atoms with E-state index < -0.39 is 11.9 Å². The highest BCUT2D eigenvalue weighted by atomic mass is 79.9. The van der Waals surface area contributed by atoms with Crippen molar-refractivity contribution in [2.24, 2.45) is 15.0 Å². The molecule has 0 aliphatic carbocycles. The molecule has 0 saturated carbocycles. The molecule has 0 amide bonds. The molecule has 4 aliphatic heterocycles. The van der Waals surface area contributed by atoms with Crippen LogP contribution in [0.3, 0.4) is 0 Å². The molecule has 4 aliphatic rings. The molecule has 0 fully saturated rings. The molecule has 0 aromatic carbocycles. The van der Waals surface area contributed by atoms with E-state index in [0.717, 1.165) is 11.1 Å². The number of aliphatic carboxylic acids is 2. The number of carbonyl (C=O) groups is 3. The lowest BCUT2D eigenvalue weighted by Crippen LogP contribution is -2.29. The summed E-state index contributed by atoms with van der Waals surface area (Å²) in [5, 5.41) is 31.2. The monoisotopic (exact) mass is 906 g/mol. The van der Waals surface area contributed by atoms with E-state index in [4.69, 9.17) is 15.0 Å². The van der Waals surface area contributed by atoms with Crippen LogP contribution in [0.4, 0.5) is 0 Å². The maximum absolute atomic E-state index is 13.1. The van der Waals surface area contributed by atoms with Crippen LogP contribution in [0.15, 0.2) is 74.5 Å². The van der Waals surface area contributed by atoms with Crippen LogP contribution in [-0.2, 0) is 14.4 Å². The number of allylic oxidation sites excluding steroid dienone is 8. The van der Waals surface area contributed by atoms with Crippen molar-refractivity contribution >= 4 is 113 Å². The molecule has 10 nitrogen and oxygen atoms in total. The lowest BCUT2D eigenvalue weighted by atomic mass is 9.96. The van der Waals surface area contributed by atoms with E-state index in [2.05, 4.69) is 68.7 Å². The average molecular weight is 910 g/mol. The van der Waals surface area contributed by atoms with Crippen LogP contribution in [-0.4, -0.2) is 55.2 Å². The van der Waals surface area contributed by atoms with Gasteiger partial charge < -0.3 is 20.3 Å². The highest BCUT2D eigenvalue weighted by Gasteiger charge is 2.35. The first-order valence-corrected chi connectivity index (χ1v) is 18.0. The summed E-state index contributed by atoms with van der Waals surface area (Å²) < 4.78 is 2.01. The Hall–Kier alpha value is -3.20. The predicted molar refractivity (Wildman–Crippen MR) is 201 cm³/mol. The first kappa shape index (κ1) is 36.1. The van der Waals surface area contributed by atoms with Crippen molar-refractivity contribution < 1.29 is 29.7 Å². The highest BCUT2D eigenvalue weighted by molar-refractivity contribution is 9.15. The molecule has 14 heteroatoms. The first-order valence-electron chi connectivity index (χ1n) is 14.8. The van der Waals surface area contributed by atoms with Gasteiger partial charge in [-0.25, -0.2) is 15.0 Å². The average Bonchev–Trinajstić information content (AvgIpc) is 3.73. The van der Waals surface area contributed by atoms with Crippen molar-refractivity contribution in [2.75, 3.05) is 0 Å². The summed E-state index contributed by atoms with van der Waals surface area (Å²) in [5.74, 6) is -2.08. The van der Waals surface area contributed by atoms with E-state index in [-0.39, 0.29) is 37.2 Å². The molecule has 8 bridgehead atoms. The second-order valence-corrected chi connectivity index (χ2v) is 14.9. The van der Waals surface area contributed by atoms with Crippen LogP contribution in [0.1, 0.15) is 71.6 Å². The number of rotatable bonds is 7. The molecule has 1 aromatic heterocycles. The topological polar surface area (TPSA) is 165 Å². The number of hydrogen-bond donors (Lipinski definition) is 4. The van der Waals surface area contributed by atoms with Crippen molar-refractivity contribution in [1.82, 2.24) is 4.98 Å². The minimum Gasteiger partial charge on any atom is -0.512 e. The number of aliphatic imine (C=N–C) groups is 3. The molecule has 0 unspecified atom stereocenters. The second-order valence-electron chi connectivity index (χ2n) is 11.7.